The van der Waals surface area contributed by atoms with E-state index in [0.717, 1.165) is 5.56 Å². The zero-order chi connectivity index (χ0) is 15.7. The van der Waals surface area contributed by atoms with Gasteiger partial charge in [-0.3, -0.25) is 9.59 Å². The minimum absolute atomic E-state index is 0.121. The molecular formula is C16H16N2O3S. The molecule has 1 aromatic carbocycles. The van der Waals surface area contributed by atoms with Crippen LogP contribution in [0.1, 0.15) is 26.8 Å². The summed E-state index contributed by atoms with van der Waals surface area (Å²) in [5.41, 5.74) is 3.30. The lowest BCUT2D eigenvalue weighted by Gasteiger charge is -2.16. The maximum Gasteiger partial charge on any atom is 0.308 e. The Bertz CT molecular complexity index is 698. The van der Waals surface area contributed by atoms with E-state index < -0.39 is 11.9 Å². The highest BCUT2D eigenvalue weighted by Gasteiger charge is 2.41. The van der Waals surface area contributed by atoms with E-state index in [1.165, 1.54) is 11.3 Å². The van der Waals surface area contributed by atoms with Gasteiger partial charge < -0.3 is 10.0 Å². The molecule has 1 fully saturated rings. The molecule has 2 unspecified atom stereocenters. The molecule has 2 aromatic rings. The summed E-state index contributed by atoms with van der Waals surface area (Å²) in [5.74, 6) is -1.72. The molecule has 2 heterocycles. The first-order valence-corrected chi connectivity index (χ1v) is 7.93. The number of thiazole rings is 1. The number of aliphatic carboxylic acids is 1. The van der Waals surface area contributed by atoms with Gasteiger partial charge in [-0.15, -0.1) is 11.3 Å². The third kappa shape index (κ3) is 2.62. The molecule has 1 N–H and O–H groups in total. The Morgan fingerprint density at radius 3 is 2.59 bits per heavy atom. The topological polar surface area (TPSA) is 70.5 Å². The lowest BCUT2D eigenvalue weighted by molar-refractivity contribution is -0.141. The van der Waals surface area contributed by atoms with Crippen molar-refractivity contribution in [3.63, 3.8) is 0 Å². The third-order valence-electron chi connectivity index (χ3n) is 4.09. The van der Waals surface area contributed by atoms with Crippen LogP contribution in [0.5, 0.6) is 0 Å². The van der Waals surface area contributed by atoms with E-state index in [2.05, 4.69) is 4.98 Å². The summed E-state index contributed by atoms with van der Waals surface area (Å²) in [7, 11) is 0. The molecule has 0 saturated carbocycles. The number of aromatic nitrogens is 1. The number of rotatable bonds is 3. The molecule has 0 bridgehead atoms. The minimum atomic E-state index is -0.856. The normalized spacial score (nSPS) is 21.0. The number of carboxylic acids is 1. The maximum atomic E-state index is 12.6. The molecule has 1 aromatic heterocycles. The lowest BCUT2D eigenvalue weighted by atomic mass is 9.89. The zero-order valence-electron chi connectivity index (χ0n) is 12.1. The van der Waals surface area contributed by atoms with Crippen LogP contribution in [0.15, 0.2) is 35.8 Å². The van der Waals surface area contributed by atoms with E-state index in [1.807, 2.05) is 30.3 Å². The number of carbonyl (C=O) groups is 2. The fourth-order valence-electron chi connectivity index (χ4n) is 2.91. The van der Waals surface area contributed by atoms with E-state index >= 15 is 0 Å². The SMILES string of the molecule is Cc1ncsc1C(=O)N1CC(C(=O)O)C(c2ccccc2)C1. The van der Waals surface area contributed by atoms with Gasteiger partial charge in [-0.1, -0.05) is 30.3 Å². The highest BCUT2D eigenvalue weighted by Crippen LogP contribution is 2.34. The highest BCUT2D eigenvalue weighted by molar-refractivity contribution is 7.11. The van der Waals surface area contributed by atoms with Gasteiger partial charge in [0.05, 0.1) is 17.1 Å². The number of amides is 1. The quantitative estimate of drug-likeness (QED) is 0.944. The van der Waals surface area contributed by atoms with Crippen LogP contribution >= 0.6 is 11.3 Å². The molecule has 2 atom stereocenters. The summed E-state index contributed by atoms with van der Waals surface area (Å²) in [6.07, 6.45) is 0. The molecule has 1 aliphatic heterocycles. The van der Waals surface area contributed by atoms with Crippen LogP contribution in [-0.4, -0.2) is 40.0 Å². The monoisotopic (exact) mass is 316 g/mol. The van der Waals surface area contributed by atoms with E-state index in [9.17, 15) is 14.7 Å². The molecule has 1 aliphatic rings. The Balaban J connectivity index is 1.86. The van der Waals surface area contributed by atoms with E-state index in [-0.39, 0.29) is 18.4 Å². The largest absolute Gasteiger partial charge is 0.481 e. The zero-order valence-corrected chi connectivity index (χ0v) is 12.9. The number of benzene rings is 1. The van der Waals surface area contributed by atoms with E-state index in [0.29, 0.717) is 17.1 Å². The van der Waals surface area contributed by atoms with E-state index in [1.54, 1.807) is 17.3 Å². The smallest absolute Gasteiger partial charge is 0.308 e. The summed E-state index contributed by atoms with van der Waals surface area (Å²) in [5, 5.41) is 9.48. The van der Waals surface area contributed by atoms with Crippen LogP contribution in [0.3, 0.4) is 0 Å². The molecule has 114 valence electrons. The van der Waals surface area contributed by atoms with Crippen LogP contribution < -0.4 is 0 Å². The predicted molar refractivity (Wildman–Crippen MR) is 83.1 cm³/mol. The molecule has 5 nitrogen and oxygen atoms in total. The molecule has 6 heteroatoms. The summed E-state index contributed by atoms with van der Waals surface area (Å²) < 4.78 is 0. The molecule has 0 spiro atoms. The second-order valence-electron chi connectivity index (χ2n) is 5.44. The Hall–Kier alpha value is -2.21. The van der Waals surface area contributed by atoms with Crippen molar-refractivity contribution in [2.24, 2.45) is 5.92 Å². The Morgan fingerprint density at radius 2 is 2.00 bits per heavy atom. The van der Waals surface area contributed by atoms with Gasteiger partial charge >= 0.3 is 5.97 Å². The Morgan fingerprint density at radius 1 is 1.27 bits per heavy atom. The number of hydrogen-bond donors (Lipinski definition) is 1. The molecule has 1 amide bonds. The van der Waals surface area contributed by atoms with Crippen LogP contribution in [0.4, 0.5) is 0 Å². The van der Waals surface area contributed by atoms with Crippen LogP contribution in [0.2, 0.25) is 0 Å². The number of hydrogen-bond acceptors (Lipinski definition) is 4. The van der Waals surface area contributed by atoms with Gasteiger partial charge in [-0.2, -0.15) is 0 Å². The Labute approximate surface area is 132 Å². The molecule has 0 radical (unpaired) electrons. The fourth-order valence-corrected chi connectivity index (χ4v) is 3.68. The van der Waals surface area contributed by atoms with Gasteiger partial charge in [0.15, 0.2) is 0 Å². The second kappa shape index (κ2) is 5.88. The standard InChI is InChI=1S/C16H16N2O3S/c1-10-14(22-9-17-10)15(19)18-7-12(13(8-18)16(20)21)11-5-3-2-4-6-11/h2-6,9,12-13H,7-8H2,1H3,(H,20,21). The molecule has 3 rings (SSSR count). The molecule has 1 saturated heterocycles. The fraction of sp³-hybridized carbons (Fsp3) is 0.312. The van der Waals surface area contributed by atoms with Crippen molar-refractivity contribution in [1.29, 1.82) is 0 Å². The summed E-state index contributed by atoms with van der Waals surface area (Å²) >= 11 is 1.30. The van der Waals surface area contributed by atoms with Gasteiger partial charge in [0.1, 0.15) is 4.88 Å². The number of likely N-dealkylation sites (tertiary alicyclic amines) is 1. The van der Waals surface area contributed by atoms with Crippen LogP contribution in [0.25, 0.3) is 0 Å². The van der Waals surface area contributed by atoms with Crippen molar-refractivity contribution in [2.45, 2.75) is 12.8 Å². The molecule has 0 aliphatic carbocycles. The average Bonchev–Trinajstić information content (AvgIpc) is 3.14. The van der Waals surface area contributed by atoms with Crippen LogP contribution in [-0.2, 0) is 4.79 Å². The summed E-state index contributed by atoms with van der Waals surface area (Å²) in [4.78, 5) is 30.5. The molecular weight excluding hydrogens is 300 g/mol. The Kier molecular flexibility index (Phi) is 3.94. The van der Waals surface area contributed by atoms with Crippen molar-refractivity contribution < 1.29 is 14.7 Å². The number of aryl methyl sites for hydroxylation is 1. The van der Waals surface area contributed by atoms with Crippen molar-refractivity contribution in [3.05, 3.63) is 52.0 Å². The number of carbonyl (C=O) groups excluding carboxylic acids is 1. The average molecular weight is 316 g/mol. The van der Waals surface area contributed by atoms with Gasteiger partial charge in [-0.25, -0.2) is 4.98 Å². The first kappa shape index (κ1) is 14.7. The van der Waals surface area contributed by atoms with Crippen molar-refractivity contribution >= 4 is 23.2 Å². The maximum absolute atomic E-state index is 12.6. The van der Waals surface area contributed by atoms with Crippen molar-refractivity contribution in [1.82, 2.24) is 9.88 Å². The predicted octanol–water partition coefficient (Wildman–Crippen LogP) is 2.39. The van der Waals surface area contributed by atoms with Crippen LogP contribution in [0, 0.1) is 12.8 Å². The van der Waals surface area contributed by atoms with Gasteiger partial charge in [0, 0.05) is 19.0 Å². The van der Waals surface area contributed by atoms with Crippen molar-refractivity contribution in [3.8, 4) is 0 Å². The van der Waals surface area contributed by atoms with Gasteiger partial charge in [-0.05, 0) is 12.5 Å². The minimum Gasteiger partial charge on any atom is -0.481 e. The van der Waals surface area contributed by atoms with E-state index in [4.69, 9.17) is 0 Å². The lowest BCUT2D eigenvalue weighted by Crippen LogP contribution is -2.29. The summed E-state index contributed by atoms with van der Waals surface area (Å²) in [6, 6.07) is 9.54. The first-order chi connectivity index (χ1) is 10.6. The second-order valence-corrected chi connectivity index (χ2v) is 6.29. The number of nitrogens with zero attached hydrogens (tertiary/aromatic N) is 2. The van der Waals surface area contributed by atoms with Gasteiger partial charge in [0.25, 0.3) is 5.91 Å². The van der Waals surface area contributed by atoms with Crippen molar-refractivity contribution in [2.75, 3.05) is 13.1 Å². The number of carboxylic acid groups (broad SMARTS) is 1. The first-order valence-electron chi connectivity index (χ1n) is 7.05. The molecule has 22 heavy (non-hydrogen) atoms. The summed E-state index contributed by atoms with van der Waals surface area (Å²) in [6.45, 7) is 2.46. The highest BCUT2D eigenvalue weighted by atomic mass is 32.1. The third-order valence-corrected chi connectivity index (χ3v) is 5.01. The van der Waals surface area contributed by atoms with Gasteiger partial charge in [0.2, 0.25) is 0 Å².